The minimum atomic E-state index is 1.24. The highest BCUT2D eigenvalue weighted by atomic mass is 14.2. The van der Waals surface area contributed by atoms with Crippen LogP contribution in [0.1, 0.15) is 33.4 Å². The number of benzene rings is 24. The minimum Gasteiger partial charge on any atom is -0.0622 e. The van der Waals surface area contributed by atoms with E-state index in [0.717, 1.165) is 0 Å². The summed E-state index contributed by atoms with van der Waals surface area (Å²) in [5.74, 6) is 0. The molecule has 0 aliphatic carbocycles. The number of aryl methyl sites for hydroxylation is 6. The van der Waals surface area contributed by atoms with Crippen LogP contribution in [0.4, 0.5) is 0 Å². The molecule has 0 heterocycles. The topological polar surface area (TPSA) is 0 Å². The zero-order valence-corrected chi connectivity index (χ0v) is 85.9. The van der Waals surface area contributed by atoms with Crippen LogP contribution >= 0.6 is 0 Å². The van der Waals surface area contributed by atoms with E-state index in [0.29, 0.717) is 0 Å². The van der Waals surface area contributed by atoms with Crippen molar-refractivity contribution >= 4 is 0 Å². The zero-order valence-electron chi connectivity index (χ0n) is 85.9. The van der Waals surface area contributed by atoms with Gasteiger partial charge in [0.05, 0.1) is 0 Å². The summed E-state index contributed by atoms with van der Waals surface area (Å²) in [4.78, 5) is 0. The third-order valence-corrected chi connectivity index (χ3v) is 27.6. The Morgan fingerprint density at radius 1 is 0.0733 bits per heavy atom. The van der Waals surface area contributed by atoms with Crippen LogP contribution in [-0.2, 0) is 0 Å². The van der Waals surface area contributed by atoms with Gasteiger partial charge in [-0.3, -0.25) is 0 Å². The summed E-state index contributed by atoms with van der Waals surface area (Å²) in [7, 11) is 0. The fraction of sp³-hybridized carbons (Fsp3) is 0.0400. The lowest BCUT2D eigenvalue weighted by Gasteiger charge is -2.15. The first-order chi connectivity index (χ1) is 73.8. The van der Waals surface area contributed by atoms with Gasteiger partial charge in [0.15, 0.2) is 0 Å². The van der Waals surface area contributed by atoms with E-state index >= 15 is 0 Å². The van der Waals surface area contributed by atoms with Crippen LogP contribution in [0.5, 0.6) is 0 Å². The first kappa shape index (κ1) is 100.0. The molecule has 0 radical (unpaired) electrons. The Hall–Kier alpha value is -18.7. The van der Waals surface area contributed by atoms with Gasteiger partial charge in [0.2, 0.25) is 0 Å². The maximum absolute atomic E-state index is 2.29. The summed E-state index contributed by atoms with van der Waals surface area (Å²) >= 11 is 0. The van der Waals surface area contributed by atoms with E-state index < -0.39 is 0 Å². The molecule has 0 saturated carbocycles. The third kappa shape index (κ3) is 26.0. The molecule has 0 nitrogen and oxygen atoms in total. The quantitative estimate of drug-likeness (QED) is 0.0803. The summed E-state index contributed by atoms with van der Waals surface area (Å²) in [5.41, 5.74) is 53.1. The first-order valence-electron chi connectivity index (χ1n) is 51.8. The van der Waals surface area contributed by atoms with Gasteiger partial charge in [-0.2, -0.15) is 0 Å². The molecule has 24 rings (SSSR count). The second kappa shape index (κ2) is 49.7. The molecular formula is C150H120. The second-order valence-electron chi connectivity index (χ2n) is 38.1. The third-order valence-electron chi connectivity index (χ3n) is 27.6. The zero-order chi connectivity index (χ0) is 102. The predicted octanol–water partition coefficient (Wildman–Crippen LogP) is 42.0. The molecule has 0 aliphatic rings. The lowest BCUT2D eigenvalue weighted by Crippen LogP contribution is -1.90. The van der Waals surface area contributed by atoms with Crippen molar-refractivity contribution in [3.05, 3.63) is 652 Å². The van der Waals surface area contributed by atoms with Crippen LogP contribution in [0.25, 0.3) is 200 Å². The van der Waals surface area contributed by atoms with E-state index in [-0.39, 0.29) is 0 Å². The van der Waals surface area contributed by atoms with Gasteiger partial charge in [-0.15, -0.1) is 0 Å². The average molecular weight is 1920 g/mol. The molecular weight excluding hydrogens is 1800 g/mol. The summed E-state index contributed by atoms with van der Waals surface area (Å²) in [6.45, 7) is 12.9. The molecule has 0 atom stereocenters. The molecule has 0 spiro atoms. The molecule has 0 N–H and O–H groups in total. The Kier molecular flexibility index (Phi) is 33.1. The monoisotopic (exact) mass is 1920 g/mol. The van der Waals surface area contributed by atoms with E-state index in [4.69, 9.17) is 0 Å². The maximum Gasteiger partial charge on any atom is -0.00991 e. The van der Waals surface area contributed by atoms with Gasteiger partial charge in [0, 0.05) is 0 Å². The molecule has 24 aromatic rings. The lowest BCUT2D eigenvalue weighted by atomic mass is 9.88. The average Bonchev–Trinajstić information content (AvgIpc) is 0.783. The van der Waals surface area contributed by atoms with Crippen molar-refractivity contribution in [3.8, 4) is 200 Å². The van der Waals surface area contributed by atoms with E-state index in [1.54, 1.807) is 0 Å². The van der Waals surface area contributed by atoms with Crippen LogP contribution in [0, 0.1) is 41.5 Å². The van der Waals surface area contributed by atoms with Crippen LogP contribution in [0.2, 0.25) is 0 Å². The first-order valence-corrected chi connectivity index (χ1v) is 51.8. The molecule has 0 unspecified atom stereocenters. The van der Waals surface area contributed by atoms with Crippen LogP contribution in [0.15, 0.2) is 619 Å². The van der Waals surface area contributed by atoms with Gasteiger partial charge in [-0.1, -0.05) is 600 Å². The Morgan fingerprint density at radius 3 is 0.560 bits per heavy atom. The largest absolute Gasteiger partial charge is 0.0622 e. The van der Waals surface area contributed by atoms with Gasteiger partial charge >= 0.3 is 0 Å². The number of rotatable bonds is 18. The summed E-state index contributed by atoms with van der Waals surface area (Å²) in [5, 5.41) is 0. The molecule has 0 bridgehead atoms. The van der Waals surface area contributed by atoms with Gasteiger partial charge in [0.1, 0.15) is 0 Å². The molecule has 0 amide bonds. The normalized spacial score (nSPS) is 10.6. The predicted molar refractivity (Wildman–Crippen MR) is 645 cm³/mol. The second-order valence-corrected chi connectivity index (χ2v) is 38.1. The Morgan fingerprint density at radius 2 is 0.240 bits per heavy atom. The van der Waals surface area contributed by atoms with E-state index in [1.165, 1.54) is 234 Å². The van der Waals surface area contributed by atoms with Gasteiger partial charge in [-0.05, 0) is 294 Å². The van der Waals surface area contributed by atoms with Gasteiger partial charge < -0.3 is 0 Å². The van der Waals surface area contributed by atoms with Crippen molar-refractivity contribution in [3.63, 3.8) is 0 Å². The molecule has 0 heteroatoms. The highest BCUT2D eigenvalue weighted by Gasteiger charge is 2.17. The lowest BCUT2D eigenvalue weighted by molar-refractivity contribution is 1.45. The molecule has 150 heavy (non-hydrogen) atoms. The molecule has 0 aliphatic heterocycles. The fourth-order valence-electron chi connectivity index (χ4n) is 19.4. The summed E-state index contributed by atoms with van der Waals surface area (Å²) < 4.78 is 0. The van der Waals surface area contributed by atoms with Gasteiger partial charge in [0.25, 0.3) is 0 Å². The van der Waals surface area contributed by atoms with Crippen LogP contribution < -0.4 is 0 Å². The number of hydrogen-bond donors (Lipinski definition) is 0. The van der Waals surface area contributed by atoms with Crippen molar-refractivity contribution in [2.75, 3.05) is 0 Å². The molecule has 720 valence electrons. The van der Waals surface area contributed by atoms with E-state index in [1.807, 2.05) is 0 Å². The molecule has 0 saturated heterocycles. The molecule has 0 fully saturated rings. The van der Waals surface area contributed by atoms with E-state index in [9.17, 15) is 0 Å². The van der Waals surface area contributed by atoms with E-state index in [2.05, 4.69) is 660 Å². The van der Waals surface area contributed by atoms with Gasteiger partial charge in [-0.25, -0.2) is 0 Å². The Bertz CT molecular complexity index is 8440. The summed E-state index contributed by atoms with van der Waals surface area (Å²) in [6, 6.07) is 220. The summed E-state index contributed by atoms with van der Waals surface area (Å²) in [6.07, 6.45) is 0. The highest BCUT2D eigenvalue weighted by molar-refractivity contribution is 5.93. The molecule has 0 aromatic heterocycles. The molecule has 24 aromatic carbocycles. The Labute approximate surface area is 887 Å². The van der Waals surface area contributed by atoms with Crippen molar-refractivity contribution in [2.24, 2.45) is 0 Å². The van der Waals surface area contributed by atoms with Crippen molar-refractivity contribution in [2.45, 2.75) is 41.5 Å². The fourth-order valence-corrected chi connectivity index (χ4v) is 19.4. The van der Waals surface area contributed by atoms with Crippen molar-refractivity contribution in [1.29, 1.82) is 0 Å². The smallest absolute Gasteiger partial charge is 0.00991 e. The SMILES string of the molecule is Cc1cc(-c2ccccc2)cc(-c2ccc(-c3ccccc3)cc2)c1.Cc1ccc(-c2ccc(-c3ccccc3)cc2)cc1-c1ccccc1.Cc1ccc(-c2cccc(-c3ccc(-c4ccccc4)cc3)c2)cc1.Cc1ccc(-c2ccccc2)cc1-c1ccc(-c2ccccc2)cc1.Cc1cccc(-c2cccc(-c3ccc(-c4ccccc4)cc3)c2)c1.Cc1ccccc1-c1ccccc1-c1ccccc1-c1ccccc1. The van der Waals surface area contributed by atoms with Crippen LogP contribution in [-0.4, -0.2) is 0 Å². The van der Waals surface area contributed by atoms with Crippen molar-refractivity contribution < 1.29 is 0 Å². The maximum atomic E-state index is 2.29. The highest BCUT2D eigenvalue weighted by Crippen LogP contribution is 2.42. The minimum absolute atomic E-state index is 1.24. The Balaban J connectivity index is 0.000000113. The van der Waals surface area contributed by atoms with Crippen LogP contribution in [0.3, 0.4) is 0 Å². The number of hydrogen-bond acceptors (Lipinski definition) is 0. The van der Waals surface area contributed by atoms with Crippen molar-refractivity contribution in [1.82, 2.24) is 0 Å². The standard InChI is InChI=1S/6C25H20/c1-19-16-24(21-10-6-3-7-11-21)18-25(17-19)23-14-12-22(13-15-23)20-8-4-2-5-9-20;1-19-12-13-24(18-25(19)23-10-6-3-7-11-23)22-16-14-21(15-17-22)20-8-4-2-5-9-20;1-19-12-13-24(21-10-6-3-7-11-21)18-25(19)23-16-14-22(15-17-23)20-8-4-2-5-9-20;1-19-7-5-10-23(17-19)25-12-6-11-24(18-25)22-15-13-21(14-16-22)20-8-3-2-4-9-20;1-19-11-5-6-14-21(19)23-16-9-10-18-25(23)24-17-8-7-15-22(24)20-12-3-2-4-13-20;1-19-10-12-22(13-11-19)24-8-5-9-25(18-24)23-16-14-21(15-17-23)20-6-3-2-4-7-20/h6*2-18H,1H3.